The minimum atomic E-state index is -5.47. The van der Waals surface area contributed by atoms with Crippen LogP contribution in [-0.4, -0.2) is 65.2 Å². The molecule has 0 aromatic rings. The molecule has 0 heterocycles. The zero-order chi connectivity index (χ0) is 26.6. The summed E-state index contributed by atoms with van der Waals surface area (Å²) in [6, 6.07) is 0. The van der Waals surface area contributed by atoms with Gasteiger partial charge >= 0.3 is 104 Å². The van der Waals surface area contributed by atoms with Crippen LogP contribution in [0.5, 0.6) is 0 Å². The molecule has 26 heteroatoms. The molecule has 0 aromatic heterocycles. The number of halogens is 6. The van der Waals surface area contributed by atoms with Crippen molar-refractivity contribution in [3.05, 3.63) is 0 Å². The molecule has 16 nitrogen and oxygen atoms in total. The van der Waals surface area contributed by atoms with E-state index in [9.17, 15) is 62.4 Å². The van der Waals surface area contributed by atoms with Crippen molar-refractivity contribution in [3.63, 3.8) is 0 Å². The number of aliphatic carboxylic acids is 2. The average Bonchev–Trinajstić information content (AvgIpc) is 2.52. The Morgan fingerprint density at radius 3 is 0.971 bits per heavy atom. The molecule has 0 aliphatic heterocycles. The molecule has 0 bridgehead atoms. The fraction of sp³-hybridized carbons (Fsp3) is 0.250. The first-order chi connectivity index (χ1) is 14.0. The van der Waals surface area contributed by atoms with Crippen molar-refractivity contribution in [1.29, 1.82) is 0 Å². The second kappa shape index (κ2) is 17.5. The molecule has 0 spiro atoms. The summed E-state index contributed by atoms with van der Waals surface area (Å²) in [7, 11) is -10.4. The number of carboxylic acid groups (broad SMARTS) is 2. The van der Waals surface area contributed by atoms with Crippen molar-refractivity contribution in [1.82, 2.24) is 0 Å². The number of alkyl halides is 6. The summed E-state index contributed by atoms with van der Waals surface area (Å²) in [5.74, 6) is -10.3. The van der Waals surface area contributed by atoms with Crippen LogP contribution in [0.2, 0.25) is 0 Å². The molecule has 0 saturated carbocycles. The zero-order valence-corrected chi connectivity index (χ0v) is 21.3. The normalized spacial score (nSPS) is 10.2. The molecule has 0 radical (unpaired) electrons. The van der Waals surface area contributed by atoms with E-state index in [-0.39, 0.29) is 59.1 Å². The van der Waals surface area contributed by atoms with Crippen LogP contribution < -0.4 is 69.3 Å². The molecule has 0 amide bonds. The third kappa shape index (κ3) is 24.8. The van der Waals surface area contributed by atoms with Gasteiger partial charge in [-0.25, -0.2) is 19.2 Å². The van der Waals surface area contributed by atoms with E-state index in [4.69, 9.17) is 19.8 Å². The van der Waals surface area contributed by atoms with Crippen molar-refractivity contribution >= 4 is 56.6 Å². The summed E-state index contributed by atoms with van der Waals surface area (Å²) in [5, 5.41) is 17.9. The number of carboxylic acids is 2. The van der Waals surface area contributed by atoms with Crippen LogP contribution in [0.15, 0.2) is 8.80 Å². The fourth-order valence-electron chi connectivity index (χ4n) is 0.414. The molecule has 0 saturated heterocycles. The van der Waals surface area contributed by atoms with Crippen LogP contribution in [0, 0.1) is 0 Å². The first-order valence-electron chi connectivity index (χ1n) is 5.74. The van der Waals surface area contributed by atoms with Gasteiger partial charge in [-0.2, -0.15) is 43.2 Å². The first-order valence-corrected chi connectivity index (χ1v) is 8.47. The van der Waals surface area contributed by atoms with Gasteiger partial charge in [0, 0.05) is 0 Å². The summed E-state index contributed by atoms with van der Waals surface area (Å²) < 4.78 is 118. The molecule has 0 aliphatic rings. The minimum Gasteiger partial charge on any atom is -0.543 e. The Bertz CT molecular complexity index is 957. The van der Waals surface area contributed by atoms with Gasteiger partial charge in [0.2, 0.25) is 0 Å². The van der Waals surface area contributed by atoms with E-state index < -0.39 is 56.8 Å². The van der Waals surface area contributed by atoms with Crippen LogP contribution in [0.4, 0.5) is 26.3 Å². The third-order valence-corrected chi connectivity index (χ3v) is 2.61. The maximum absolute atomic E-state index is 11.3. The molecule has 0 unspecified atom stereocenters. The van der Waals surface area contributed by atoms with Crippen molar-refractivity contribution in [2.45, 2.75) is 12.4 Å². The maximum atomic E-state index is 11.3. The number of carbonyl (C=O) groups excluding carboxylic acids is 6. The molecule has 0 aromatic carbocycles. The predicted octanol–water partition coefficient (Wildman–Crippen LogP) is -10.2. The number of carbonyl (C=O) groups is 4. The number of hydrogen-bond acceptors (Lipinski definition) is 14. The van der Waals surface area contributed by atoms with E-state index >= 15 is 0 Å². The standard InChI is InChI=1S/2C3F3NO5S.C2H2O4.2Na/c2*4-3(5,6)2(9)12-13(10,11)7-1-8;3-1(4)2(5)6;;/h;;(H,3,4)(H,5,6);;/q;;;2*+1/p-2. The summed E-state index contributed by atoms with van der Waals surface area (Å²) in [6.45, 7) is 0. The van der Waals surface area contributed by atoms with E-state index in [1.54, 1.807) is 0 Å². The first kappa shape index (κ1) is 42.3. The molecule has 0 aliphatic carbocycles. The Hall–Kier alpha value is -1.88. The summed E-state index contributed by atoms with van der Waals surface area (Å²) in [6.07, 6.45) is -10.1. The van der Waals surface area contributed by atoms with Crippen molar-refractivity contribution in [2.75, 3.05) is 0 Å². The second-order valence-corrected chi connectivity index (χ2v) is 5.94. The number of hydrogen-bond donors (Lipinski definition) is 0. The van der Waals surface area contributed by atoms with Crippen molar-refractivity contribution in [2.24, 2.45) is 8.80 Å². The summed E-state index contributed by atoms with van der Waals surface area (Å²) in [5.41, 5.74) is 0. The van der Waals surface area contributed by atoms with Crippen molar-refractivity contribution < 1.29 is 150 Å². The Kier molecular flexibility index (Phi) is 21.8. The summed E-state index contributed by atoms with van der Waals surface area (Å²) >= 11 is 0. The third-order valence-electron chi connectivity index (χ3n) is 1.29. The zero-order valence-electron chi connectivity index (χ0n) is 15.7. The SMILES string of the molecule is O=C([O-])C(=O)[O-].O=C=NS(=O)(=O)OC(=O)C(F)(F)F.O=C=NS(=O)(=O)OC(=O)C(F)(F)F.[Na+].[Na+]. The van der Waals surface area contributed by atoms with E-state index in [1.807, 2.05) is 8.80 Å². The van der Waals surface area contributed by atoms with E-state index in [0.29, 0.717) is 12.2 Å². The number of nitrogens with zero attached hydrogens (tertiary/aromatic N) is 2. The van der Waals surface area contributed by atoms with E-state index in [2.05, 4.69) is 8.37 Å². The fourth-order valence-corrected chi connectivity index (χ4v) is 1.24. The van der Waals surface area contributed by atoms with Crippen LogP contribution >= 0.6 is 0 Å². The molecule has 0 atom stereocenters. The van der Waals surface area contributed by atoms with Gasteiger partial charge in [0.25, 0.3) is 12.2 Å². The Morgan fingerprint density at radius 1 is 0.647 bits per heavy atom. The molecular weight excluding hydrogens is 572 g/mol. The smallest absolute Gasteiger partial charge is 0.543 e. The van der Waals surface area contributed by atoms with Crippen LogP contribution in [0.1, 0.15) is 0 Å². The monoisotopic (exact) mass is 572 g/mol. The van der Waals surface area contributed by atoms with Crippen LogP contribution in [-0.2, 0) is 57.7 Å². The molecule has 0 N–H and O–H groups in total. The number of isocyanates is 2. The second-order valence-electron chi connectivity index (χ2n) is 3.53. The van der Waals surface area contributed by atoms with Gasteiger partial charge < -0.3 is 28.2 Å². The Labute approximate surface area is 226 Å². The summed E-state index contributed by atoms with van der Waals surface area (Å²) in [4.78, 5) is 56.1. The average molecular weight is 572 g/mol. The topological polar surface area (TPSA) is 260 Å². The van der Waals surface area contributed by atoms with Crippen LogP contribution in [0.25, 0.3) is 0 Å². The quantitative estimate of drug-likeness (QED) is 0.0996. The van der Waals surface area contributed by atoms with Gasteiger partial charge in [-0.1, -0.05) is 0 Å². The van der Waals surface area contributed by atoms with Crippen molar-refractivity contribution in [3.8, 4) is 0 Å². The van der Waals surface area contributed by atoms with Gasteiger partial charge in [-0.15, -0.1) is 0 Å². The molecular formula is C8F6N2Na2O14S2. The molecule has 0 fully saturated rings. The Morgan fingerprint density at radius 2 is 0.853 bits per heavy atom. The van der Waals surface area contributed by atoms with Gasteiger partial charge in [-0.05, 0) is 8.80 Å². The predicted molar refractivity (Wildman–Crippen MR) is 68.4 cm³/mol. The van der Waals surface area contributed by atoms with Gasteiger partial charge in [0.15, 0.2) is 0 Å². The largest absolute Gasteiger partial charge is 1.00 e. The number of rotatable bonds is 4. The van der Waals surface area contributed by atoms with Crippen LogP contribution in [0.3, 0.4) is 0 Å². The molecule has 34 heavy (non-hydrogen) atoms. The Balaban J connectivity index is -0.000000128. The maximum Gasteiger partial charge on any atom is 1.00 e. The minimum absolute atomic E-state index is 0. The van der Waals surface area contributed by atoms with Gasteiger partial charge in [-0.3, -0.25) is 0 Å². The van der Waals surface area contributed by atoms with E-state index in [0.717, 1.165) is 0 Å². The van der Waals surface area contributed by atoms with Gasteiger partial charge in [0.05, 0.1) is 11.9 Å². The molecule has 0 rings (SSSR count). The molecule has 182 valence electrons. The van der Waals surface area contributed by atoms with Gasteiger partial charge in [0.1, 0.15) is 0 Å². The van der Waals surface area contributed by atoms with E-state index in [1.165, 1.54) is 0 Å².